The van der Waals surface area contributed by atoms with Crippen LogP contribution in [0.4, 0.5) is 5.69 Å². The number of rotatable bonds is 12. The van der Waals surface area contributed by atoms with E-state index in [0.717, 1.165) is 44.5 Å². The van der Waals surface area contributed by atoms with Gasteiger partial charge < -0.3 is 25.2 Å². The number of aryl methyl sites for hydroxylation is 1. The highest BCUT2D eigenvalue weighted by atomic mass is 35.5. The van der Waals surface area contributed by atoms with Crippen molar-refractivity contribution in [3.8, 4) is 28.7 Å². The number of aliphatic carboxylic acids is 1. The summed E-state index contributed by atoms with van der Waals surface area (Å²) in [5.41, 5.74) is 9.11. The van der Waals surface area contributed by atoms with Crippen molar-refractivity contribution >= 4 is 46.7 Å². The SMILES string of the molecule is Cc1ccccc1CN1Cc2cc3c(cc2C[C@H]1C(=O)N[C@@H](Cc1ccc(-c2ccc(C#N)cc2)cc1)C(=O)O)NC(=O)C(c1ccc(OCc2ccc(Cl)c(Cl)c2)cc1)O3. The minimum atomic E-state index is -1.17. The molecule has 0 saturated carbocycles. The Balaban J connectivity index is 0.984. The molecule has 6 aromatic carbocycles. The molecule has 12 heteroatoms. The molecule has 10 nitrogen and oxygen atoms in total. The monoisotopic (exact) mass is 850 g/mol. The van der Waals surface area contributed by atoms with Gasteiger partial charge >= 0.3 is 5.97 Å². The first-order valence-corrected chi connectivity index (χ1v) is 20.5. The topological polar surface area (TPSA) is 141 Å². The molecule has 3 atom stereocenters. The van der Waals surface area contributed by atoms with Crippen molar-refractivity contribution in [2.75, 3.05) is 5.32 Å². The molecule has 0 radical (unpaired) electrons. The molecule has 1 unspecified atom stereocenters. The second kappa shape index (κ2) is 17.9. The average molecular weight is 852 g/mol. The number of carboxylic acid groups (broad SMARTS) is 1. The minimum absolute atomic E-state index is 0.0857. The van der Waals surface area contributed by atoms with Gasteiger partial charge in [-0.15, -0.1) is 0 Å². The van der Waals surface area contributed by atoms with Crippen LogP contribution in [0.15, 0.2) is 127 Å². The Hall–Kier alpha value is -6.64. The van der Waals surface area contributed by atoms with Gasteiger partial charge in [-0.25, -0.2) is 4.79 Å². The van der Waals surface area contributed by atoms with Crippen molar-refractivity contribution < 1.29 is 29.0 Å². The number of hydrogen-bond donors (Lipinski definition) is 3. The number of fused-ring (bicyclic) bond motifs is 2. The third-order valence-electron chi connectivity index (χ3n) is 11.1. The van der Waals surface area contributed by atoms with E-state index in [-0.39, 0.29) is 25.4 Å². The highest BCUT2D eigenvalue weighted by molar-refractivity contribution is 6.42. The zero-order valence-electron chi connectivity index (χ0n) is 33.0. The van der Waals surface area contributed by atoms with Gasteiger partial charge in [-0.3, -0.25) is 14.5 Å². The van der Waals surface area contributed by atoms with E-state index in [4.69, 9.17) is 37.9 Å². The van der Waals surface area contributed by atoms with Crippen LogP contribution in [0.2, 0.25) is 10.0 Å². The molecule has 0 spiro atoms. The smallest absolute Gasteiger partial charge is 0.326 e. The van der Waals surface area contributed by atoms with Crippen LogP contribution in [0, 0.1) is 18.3 Å². The number of carbonyl (C=O) groups excluding carboxylic acids is 2. The van der Waals surface area contributed by atoms with Crippen molar-refractivity contribution in [2.45, 2.75) is 57.6 Å². The zero-order valence-corrected chi connectivity index (χ0v) is 34.5. The molecule has 2 aliphatic rings. The van der Waals surface area contributed by atoms with Gasteiger partial charge in [-0.1, -0.05) is 102 Å². The standard InChI is InChI=1S/C49H40Cl2N4O6/c1-29-4-2-3-5-36(29)26-55-27-38-24-45-42(53-48(57)46(61-45)35-15-17-39(18-16-35)60-28-32-10-19-40(50)41(51)20-32)22-37(38)23-44(55)47(56)54-43(49(58)59)21-30-6-11-33(12-7-30)34-13-8-31(25-52)9-14-34/h2-20,22,24,43-44,46H,21,23,26-28H2,1H3,(H,53,57)(H,54,56)(H,58,59)/t43-,44-,46?/m0/s1. The lowest BCUT2D eigenvalue weighted by molar-refractivity contribution is -0.142. The largest absolute Gasteiger partial charge is 0.489 e. The van der Waals surface area contributed by atoms with Gasteiger partial charge in [0.25, 0.3) is 5.91 Å². The fourth-order valence-corrected chi connectivity index (χ4v) is 8.02. The van der Waals surface area contributed by atoms with Crippen LogP contribution in [-0.4, -0.2) is 39.9 Å². The Morgan fingerprint density at radius 1 is 0.902 bits per heavy atom. The molecular weight excluding hydrogens is 811 g/mol. The summed E-state index contributed by atoms with van der Waals surface area (Å²) in [7, 11) is 0. The number of carbonyl (C=O) groups is 3. The first-order valence-electron chi connectivity index (χ1n) is 19.7. The molecule has 3 N–H and O–H groups in total. The van der Waals surface area contributed by atoms with Crippen molar-refractivity contribution in [1.29, 1.82) is 5.26 Å². The van der Waals surface area contributed by atoms with Gasteiger partial charge in [-0.05, 0) is 106 Å². The molecule has 2 amide bonds. The van der Waals surface area contributed by atoms with Crippen molar-refractivity contribution in [3.63, 3.8) is 0 Å². The lowest BCUT2D eigenvalue weighted by Crippen LogP contribution is -2.54. The molecule has 0 aliphatic carbocycles. The number of anilines is 1. The van der Waals surface area contributed by atoms with Crippen LogP contribution in [0.3, 0.4) is 0 Å². The summed E-state index contributed by atoms with van der Waals surface area (Å²) in [6, 6.07) is 39.2. The van der Waals surface area contributed by atoms with Gasteiger partial charge in [0, 0.05) is 25.1 Å². The van der Waals surface area contributed by atoms with E-state index < -0.39 is 30.1 Å². The number of nitrogens with zero attached hydrogens (tertiary/aromatic N) is 2. The summed E-state index contributed by atoms with van der Waals surface area (Å²) >= 11 is 12.2. The number of carboxylic acids is 1. The molecule has 2 aliphatic heterocycles. The summed E-state index contributed by atoms with van der Waals surface area (Å²) in [5.74, 6) is -0.753. The highest BCUT2D eigenvalue weighted by Gasteiger charge is 2.37. The highest BCUT2D eigenvalue weighted by Crippen LogP contribution is 2.40. The number of halogens is 2. The number of ether oxygens (including phenoxy) is 2. The maximum absolute atomic E-state index is 14.2. The first kappa shape index (κ1) is 41.1. The van der Waals surface area contributed by atoms with Crippen molar-refractivity contribution in [3.05, 3.63) is 182 Å². The van der Waals surface area contributed by atoms with Gasteiger partial charge in [0.2, 0.25) is 12.0 Å². The lowest BCUT2D eigenvalue weighted by Gasteiger charge is -2.38. The molecule has 2 heterocycles. The number of benzene rings is 6. The fourth-order valence-electron chi connectivity index (χ4n) is 7.70. The summed E-state index contributed by atoms with van der Waals surface area (Å²) < 4.78 is 12.3. The number of nitrogens with one attached hydrogen (secondary N) is 2. The molecule has 6 aromatic rings. The zero-order chi connectivity index (χ0) is 42.6. The quantitative estimate of drug-likeness (QED) is 0.111. The van der Waals surface area contributed by atoms with E-state index in [1.54, 1.807) is 48.5 Å². The normalized spacial score (nSPS) is 16.2. The van der Waals surface area contributed by atoms with Gasteiger partial charge in [0.15, 0.2) is 0 Å². The fraction of sp³-hybridized carbons (Fsp3) is 0.184. The van der Waals surface area contributed by atoms with E-state index in [1.807, 2.05) is 85.8 Å². The summed E-state index contributed by atoms with van der Waals surface area (Å²) in [6.07, 6.45) is -0.530. The Bertz CT molecular complexity index is 2660. The van der Waals surface area contributed by atoms with Crippen LogP contribution >= 0.6 is 23.2 Å². The third kappa shape index (κ3) is 9.40. The molecular formula is C49H40Cl2N4O6. The van der Waals surface area contributed by atoms with E-state index >= 15 is 0 Å². The maximum Gasteiger partial charge on any atom is 0.326 e. The number of amides is 2. The Morgan fingerprint density at radius 3 is 2.30 bits per heavy atom. The van der Waals surface area contributed by atoms with E-state index in [2.05, 4.69) is 21.6 Å². The first-order chi connectivity index (χ1) is 29.5. The Kier molecular flexibility index (Phi) is 12.1. The summed E-state index contributed by atoms with van der Waals surface area (Å²) in [4.78, 5) is 42.4. The maximum atomic E-state index is 14.2. The number of nitriles is 1. The molecule has 0 bridgehead atoms. The minimum Gasteiger partial charge on any atom is -0.489 e. The van der Waals surface area contributed by atoms with E-state index in [9.17, 15) is 19.5 Å². The van der Waals surface area contributed by atoms with E-state index in [0.29, 0.717) is 51.4 Å². The van der Waals surface area contributed by atoms with Crippen molar-refractivity contribution in [2.24, 2.45) is 0 Å². The molecule has 0 aromatic heterocycles. The molecule has 306 valence electrons. The number of hydrogen-bond acceptors (Lipinski definition) is 7. The predicted molar refractivity (Wildman–Crippen MR) is 233 cm³/mol. The Labute approximate surface area is 363 Å². The van der Waals surface area contributed by atoms with Crippen LogP contribution < -0.4 is 20.1 Å². The summed E-state index contributed by atoms with van der Waals surface area (Å²) in [5, 5.41) is 26.2. The predicted octanol–water partition coefficient (Wildman–Crippen LogP) is 9.23. The van der Waals surface area contributed by atoms with Gasteiger partial charge in [0.05, 0.1) is 33.4 Å². The second-order valence-electron chi connectivity index (χ2n) is 15.3. The van der Waals surface area contributed by atoms with Gasteiger partial charge in [-0.2, -0.15) is 5.26 Å². The Morgan fingerprint density at radius 2 is 1.61 bits per heavy atom. The molecule has 0 fully saturated rings. The van der Waals surface area contributed by atoms with E-state index in [1.165, 1.54) is 0 Å². The average Bonchev–Trinajstić information content (AvgIpc) is 3.26. The third-order valence-corrected chi connectivity index (χ3v) is 11.9. The summed E-state index contributed by atoms with van der Waals surface area (Å²) in [6.45, 7) is 3.15. The van der Waals surface area contributed by atoms with Crippen LogP contribution in [0.25, 0.3) is 11.1 Å². The van der Waals surface area contributed by atoms with Crippen LogP contribution in [-0.2, 0) is 46.9 Å². The molecule has 8 rings (SSSR count). The molecule has 61 heavy (non-hydrogen) atoms. The van der Waals surface area contributed by atoms with Crippen molar-refractivity contribution in [1.82, 2.24) is 10.2 Å². The van der Waals surface area contributed by atoms with Gasteiger partial charge in [0.1, 0.15) is 24.1 Å². The van der Waals surface area contributed by atoms with Crippen LogP contribution in [0.1, 0.15) is 50.6 Å². The molecule has 0 saturated heterocycles. The lowest BCUT2D eigenvalue weighted by atomic mass is 9.91. The van der Waals surface area contributed by atoms with Crippen LogP contribution in [0.5, 0.6) is 11.5 Å². The second-order valence-corrected chi connectivity index (χ2v) is 16.1.